The molecule has 134 valence electrons. The van der Waals surface area contributed by atoms with E-state index in [1.54, 1.807) is 0 Å². The van der Waals surface area contributed by atoms with E-state index >= 15 is 0 Å². The van der Waals surface area contributed by atoms with Crippen LogP contribution in [0.25, 0.3) is 10.8 Å². The Morgan fingerprint density at radius 2 is 2.04 bits per heavy atom. The van der Waals surface area contributed by atoms with Crippen LogP contribution in [0.15, 0.2) is 46.8 Å². The molecule has 1 amide bonds. The maximum Gasteiger partial charge on any atom is 0.230 e. The van der Waals surface area contributed by atoms with E-state index in [4.69, 9.17) is 0 Å². The average Bonchev–Trinajstić information content (AvgIpc) is 3.35. The van der Waals surface area contributed by atoms with Crippen molar-refractivity contribution in [1.29, 1.82) is 0 Å². The lowest BCUT2D eigenvalue weighted by atomic mass is 10.00. The number of carbonyl (C=O) groups excluding carboxylic acids is 1. The predicted molar refractivity (Wildman–Crippen MR) is 108 cm³/mol. The summed E-state index contributed by atoms with van der Waals surface area (Å²) in [5.41, 5.74) is 1.13. The van der Waals surface area contributed by atoms with Crippen molar-refractivity contribution in [3.63, 3.8) is 0 Å². The first-order chi connectivity index (χ1) is 12.7. The van der Waals surface area contributed by atoms with Gasteiger partial charge < -0.3 is 10.6 Å². The zero-order chi connectivity index (χ0) is 17.9. The molecule has 1 heterocycles. The molecular weight excluding hydrogens is 364 g/mol. The first kappa shape index (κ1) is 17.3. The smallest absolute Gasteiger partial charge is 0.230 e. The summed E-state index contributed by atoms with van der Waals surface area (Å²) < 4.78 is 0.820. The molecule has 26 heavy (non-hydrogen) atoms. The van der Waals surface area contributed by atoms with Gasteiger partial charge in [-0.2, -0.15) is 0 Å². The van der Waals surface area contributed by atoms with E-state index in [0.717, 1.165) is 15.0 Å². The van der Waals surface area contributed by atoms with Crippen molar-refractivity contribution in [3.05, 3.63) is 48.0 Å². The topological polar surface area (TPSA) is 66.9 Å². The Balaban J connectivity index is 1.34. The van der Waals surface area contributed by atoms with Gasteiger partial charge in [0.25, 0.3) is 0 Å². The third kappa shape index (κ3) is 4.16. The minimum atomic E-state index is -0.0456. The highest BCUT2D eigenvalue weighted by molar-refractivity contribution is 8.01. The number of benzene rings is 2. The van der Waals surface area contributed by atoms with Crippen LogP contribution in [0.4, 0.5) is 5.13 Å². The lowest BCUT2D eigenvalue weighted by Crippen LogP contribution is -2.28. The lowest BCUT2D eigenvalue weighted by molar-refractivity contribution is -0.119. The Hall–Kier alpha value is -2.12. The predicted octanol–water partition coefficient (Wildman–Crippen LogP) is 4.24. The molecule has 4 rings (SSSR count). The fourth-order valence-electron chi connectivity index (χ4n) is 2.84. The molecule has 0 aliphatic heterocycles. The van der Waals surface area contributed by atoms with Gasteiger partial charge in [0.1, 0.15) is 0 Å². The van der Waals surface area contributed by atoms with Gasteiger partial charge in [0, 0.05) is 6.04 Å². The number of anilines is 1. The molecule has 0 radical (unpaired) electrons. The van der Waals surface area contributed by atoms with Crippen molar-refractivity contribution in [3.8, 4) is 0 Å². The molecule has 1 saturated carbocycles. The lowest BCUT2D eigenvalue weighted by Gasteiger charge is -2.16. The molecule has 0 unspecified atom stereocenters. The standard InChI is InChI=1S/C19H20N4OS2/c1-12(15-8-4-6-13-5-2-3-7-16(13)15)20-17(24)11-25-19-23-22-18(26-19)21-14-9-10-14/h2-8,12,14H,9-11H2,1H3,(H,20,24)(H,21,22)/t12-/m0/s1. The minimum absolute atomic E-state index is 0.00216. The van der Waals surface area contributed by atoms with E-state index in [1.807, 2.05) is 25.1 Å². The molecule has 1 atom stereocenters. The zero-order valence-electron chi connectivity index (χ0n) is 14.4. The van der Waals surface area contributed by atoms with Crippen LogP contribution in [0.3, 0.4) is 0 Å². The Morgan fingerprint density at radius 3 is 2.88 bits per heavy atom. The van der Waals surface area contributed by atoms with Gasteiger partial charge in [-0.3, -0.25) is 4.79 Å². The molecular formula is C19H20N4OS2. The Morgan fingerprint density at radius 1 is 1.23 bits per heavy atom. The van der Waals surface area contributed by atoms with E-state index < -0.39 is 0 Å². The summed E-state index contributed by atoms with van der Waals surface area (Å²) in [6.45, 7) is 2.02. The summed E-state index contributed by atoms with van der Waals surface area (Å²) in [5.74, 6) is 0.343. The van der Waals surface area contributed by atoms with E-state index in [-0.39, 0.29) is 11.9 Å². The highest BCUT2D eigenvalue weighted by Gasteiger charge is 2.22. The number of carbonyl (C=O) groups is 1. The van der Waals surface area contributed by atoms with E-state index in [1.165, 1.54) is 46.7 Å². The Labute approximate surface area is 160 Å². The van der Waals surface area contributed by atoms with E-state index in [0.29, 0.717) is 11.8 Å². The SMILES string of the molecule is C[C@H](NC(=O)CSc1nnc(NC2CC2)s1)c1cccc2ccccc12. The average molecular weight is 385 g/mol. The monoisotopic (exact) mass is 384 g/mol. The number of nitrogens with zero attached hydrogens (tertiary/aromatic N) is 2. The van der Waals surface area contributed by atoms with Crippen molar-refractivity contribution in [2.45, 2.75) is 36.2 Å². The van der Waals surface area contributed by atoms with Gasteiger partial charge in [-0.15, -0.1) is 10.2 Å². The van der Waals surface area contributed by atoms with Crippen LogP contribution in [0.1, 0.15) is 31.4 Å². The molecule has 1 aliphatic rings. The molecule has 1 fully saturated rings. The summed E-state index contributed by atoms with van der Waals surface area (Å²) >= 11 is 2.94. The number of nitrogens with one attached hydrogen (secondary N) is 2. The second-order valence-corrected chi connectivity index (χ2v) is 8.64. The van der Waals surface area contributed by atoms with Gasteiger partial charge >= 0.3 is 0 Å². The van der Waals surface area contributed by atoms with Crippen molar-refractivity contribution < 1.29 is 4.79 Å². The van der Waals surface area contributed by atoms with Crippen LogP contribution in [-0.4, -0.2) is 27.9 Å². The minimum Gasteiger partial charge on any atom is -0.357 e. The second kappa shape index (κ2) is 7.63. The molecule has 2 N–H and O–H groups in total. The molecule has 7 heteroatoms. The highest BCUT2D eigenvalue weighted by Crippen LogP contribution is 2.30. The van der Waals surface area contributed by atoms with Gasteiger partial charge in [0.05, 0.1) is 11.8 Å². The first-order valence-electron chi connectivity index (χ1n) is 8.69. The molecule has 3 aromatic rings. The number of aromatic nitrogens is 2. The summed E-state index contributed by atoms with van der Waals surface area (Å²) in [7, 11) is 0. The third-order valence-electron chi connectivity index (χ3n) is 4.31. The summed E-state index contributed by atoms with van der Waals surface area (Å²) in [5, 5.41) is 17.9. The number of thioether (sulfide) groups is 1. The van der Waals surface area contributed by atoms with Crippen LogP contribution >= 0.6 is 23.1 Å². The van der Waals surface area contributed by atoms with Crippen LogP contribution in [0, 0.1) is 0 Å². The van der Waals surface area contributed by atoms with Crippen molar-refractivity contribution >= 4 is 44.9 Å². The van der Waals surface area contributed by atoms with Gasteiger partial charge in [0.15, 0.2) is 4.34 Å². The quantitative estimate of drug-likeness (QED) is 0.597. The highest BCUT2D eigenvalue weighted by atomic mass is 32.2. The van der Waals surface area contributed by atoms with Gasteiger partial charge in [0.2, 0.25) is 11.0 Å². The number of fused-ring (bicyclic) bond motifs is 1. The molecule has 0 bridgehead atoms. The van der Waals surface area contributed by atoms with E-state index in [9.17, 15) is 4.79 Å². The van der Waals surface area contributed by atoms with Crippen molar-refractivity contribution in [1.82, 2.24) is 15.5 Å². The number of hydrogen-bond acceptors (Lipinski definition) is 6. The first-order valence-corrected chi connectivity index (χ1v) is 10.5. The maximum absolute atomic E-state index is 12.3. The third-order valence-corrected chi connectivity index (χ3v) is 6.29. The second-order valence-electron chi connectivity index (χ2n) is 6.44. The molecule has 0 saturated heterocycles. The summed E-state index contributed by atoms with van der Waals surface area (Å²) in [4.78, 5) is 12.3. The maximum atomic E-state index is 12.3. The van der Waals surface area contributed by atoms with Crippen LogP contribution in [0.5, 0.6) is 0 Å². The fourth-order valence-corrected chi connectivity index (χ4v) is 4.48. The molecule has 5 nitrogen and oxygen atoms in total. The largest absolute Gasteiger partial charge is 0.357 e. The van der Waals surface area contributed by atoms with Gasteiger partial charge in [-0.1, -0.05) is 65.6 Å². The summed E-state index contributed by atoms with van der Waals surface area (Å²) in [6, 6.07) is 14.9. The normalized spacial score (nSPS) is 15.0. The van der Waals surface area contributed by atoms with Crippen LogP contribution in [-0.2, 0) is 4.79 Å². The number of hydrogen-bond donors (Lipinski definition) is 2. The molecule has 1 aliphatic carbocycles. The number of amides is 1. The van der Waals surface area contributed by atoms with E-state index in [2.05, 4.69) is 45.1 Å². The molecule has 0 spiro atoms. The number of rotatable bonds is 7. The van der Waals surface area contributed by atoms with Crippen LogP contribution in [0.2, 0.25) is 0 Å². The van der Waals surface area contributed by atoms with Crippen molar-refractivity contribution in [2.75, 3.05) is 11.1 Å². The van der Waals surface area contributed by atoms with Gasteiger partial charge in [-0.25, -0.2) is 0 Å². The zero-order valence-corrected chi connectivity index (χ0v) is 16.1. The van der Waals surface area contributed by atoms with Crippen molar-refractivity contribution in [2.24, 2.45) is 0 Å². The fraction of sp³-hybridized carbons (Fsp3) is 0.316. The van der Waals surface area contributed by atoms with Gasteiger partial charge in [-0.05, 0) is 36.1 Å². The Bertz CT molecular complexity index is 917. The molecule has 1 aromatic heterocycles. The Kier molecular flexibility index (Phi) is 5.08. The molecule has 2 aromatic carbocycles. The van der Waals surface area contributed by atoms with Crippen LogP contribution < -0.4 is 10.6 Å². The summed E-state index contributed by atoms with van der Waals surface area (Å²) in [6.07, 6.45) is 2.41.